The van der Waals surface area contributed by atoms with E-state index in [-0.39, 0.29) is 30.6 Å². The Balaban J connectivity index is 0.982. The molecule has 4 atom stereocenters. The van der Waals surface area contributed by atoms with Gasteiger partial charge in [0.25, 0.3) is 5.91 Å². The van der Waals surface area contributed by atoms with Crippen molar-refractivity contribution in [1.29, 1.82) is 0 Å². The van der Waals surface area contributed by atoms with Crippen LogP contribution in [-0.4, -0.2) is 79.4 Å². The third-order valence-corrected chi connectivity index (χ3v) is 10.9. The van der Waals surface area contributed by atoms with Gasteiger partial charge in [-0.15, -0.1) is 0 Å². The summed E-state index contributed by atoms with van der Waals surface area (Å²) in [5.41, 5.74) is 3.01. The molecule has 3 aromatic rings. The summed E-state index contributed by atoms with van der Waals surface area (Å²) in [7, 11) is 0. The fraction of sp³-hybridized carbons (Fsp3) is 0.594. The van der Waals surface area contributed by atoms with Crippen LogP contribution in [0.2, 0.25) is 0 Å². The van der Waals surface area contributed by atoms with Crippen LogP contribution in [0.5, 0.6) is 0 Å². The number of hydrogen-bond acceptors (Lipinski definition) is 9. The van der Waals surface area contributed by atoms with Crippen molar-refractivity contribution in [3.8, 4) is 0 Å². The normalized spacial score (nSPS) is 35.1. The number of anilines is 1. The Morgan fingerprint density at radius 1 is 0.956 bits per heavy atom. The van der Waals surface area contributed by atoms with E-state index in [9.17, 15) is 14.7 Å². The predicted molar refractivity (Wildman–Crippen MR) is 159 cm³/mol. The van der Waals surface area contributed by atoms with Gasteiger partial charge in [0, 0.05) is 24.9 Å². The Hall–Kier alpha value is -3.65. The van der Waals surface area contributed by atoms with Crippen molar-refractivity contribution in [2.24, 2.45) is 17.8 Å². The Morgan fingerprint density at radius 3 is 2.33 bits per heavy atom. The number of aromatic nitrogens is 4. The summed E-state index contributed by atoms with van der Waals surface area (Å²) < 4.78 is 21.3. The van der Waals surface area contributed by atoms with Gasteiger partial charge < -0.3 is 30.0 Å². The van der Waals surface area contributed by atoms with E-state index in [1.54, 1.807) is 10.9 Å². The Labute approximate surface area is 259 Å². The molecule has 45 heavy (non-hydrogen) atoms. The second-order valence-corrected chi connectivity index (χ2v) is 14.0. The summed E-state index contributed by atoms with van der Waals surface area (Å²) >= 11 is 0. The predicted octanol–water partition coefficient (Wildman–Crippen LogP) is 2.20. The summed E-state index contributed by atoms with van der Waals surface area (Å²) in [6.07, 6.45) is 8.04. The monoisotopic (exact) mass is 615 g/mol. The molecule has 6 fully saturated rings. The molecular formula is C32H37N7O6. The zero-order chi connectivity index (χ0) is 30.3. The van der Waals surface area contributed by atoms with Gasteiger partial charge in [0.1, 0.15) is 18.5 Å². The van der Waals surface area contributed by atoms with Crippen LogP contribution in [-0.2, 0) is 31.8 Å². The fourth-order valence-electron chi connectivity index (χ4n) is 9.62. The van der Waals surface area contributed by atoms with E-state index in [2.05, 4.69) is 43.0 Å². The molecule has 2 saturated heterocycles. The number of aliphatic hydroxyl groups excluding tert-OH is 1. The minimum atomic E-state index is -0.974. The number of amides is 3. The average molecular weight is 616 g/mol. The number of imidazole rings is 1. The van der Waals surface area contributed by atoms with Gasteiger partial charge in [-0.05, 0) is 67.4 Å². The van der Waals surface area contributed by atoms with E-state index in [0.717, 1.165) is 30.4 Å². The first-order chi connectivity index (χ1) is 21.9. The minimum Gasteiger partial charge on any atom is -0.395 e. The molecule has 236 valence electrons. The number of carbonyl (C=O) groups excluding carboxylic acids is 2. The molecule has 7 aliphatic rings. The third-order valence-electron chi connectivity index (χ3n) is 10.9. The van der Waals surface area contributed by atoms with Gasteiger partial charge in [-0.25, -0.2) is 19.7 Å². The summed E-state index contributed by atoms with van der Waals surface area (Å²) in [5.74, 6) is 1.13. The Morgan fingerprint density at radius 2 is 1.64 bits per heavy atom. The number of hydrogen-bond donors (Lipinski definition) is 4. The average Bonchev–Trinajstić information content (AvgIpc) is 3.76. The van der Waals surface area contributed by atoms with Crippen molar-refractivity contribution in [2.45, 2.75) is 87.2 Å². The summed E-state index contributed by atoms with van der Waals surface area (Å²) in [5, 5.41) is 18.3. The van der Waals surface area contributed by atoms with Crippen LogP contribution in [0.25, 0.3) is 11.2 Å². The molecule has 4 bridgehead atoms. The van der Waals surface area contributed by atoms with Crippen molar-refractivity contribution in [2.75, 3.05) is 18.5 Å². The van der Waals surface area contributed by atoms with Gasteiger partial charge in [-0.1, -0.05) is 24.3 Å². The van der Waals surface area contributed by atoms with Gasteiger partial charge in [-0.3, -0.25) is 14.7 Å². The van der Waals surface area contributed by atoms with Gasteiger partial charge in [-0.2, -0.15) is 0 Å². The molecule has 10 rings (SSSR count). The first-order valence-corrected chi connectivity index (χ1v) is 16.1. The number of nitrogens with one attached hydrogen (secondary N) is 3. The summed E-state index contributed by atoms with van der Waals surface area (Å²) in [4.78, 5) is 40.0. The molecule has 4 N–H and O–H groups in total. The maximum atomic E-state index is 13.4. The molecule has 13 heteroatoms. The molecule has 2 aliphatic heterocycles. The first kappa shape index (κ1) is 27.6. The van der Waals surface area contributed by atoms with Crippen LogP contribution < -0.4 is 16.0 Å². The van der Waals surface area contributed by atoms with Gasteiger partial charge >= 0.3 is 6.03 Å². The molecule has 4 saturated carbocycles. The molecule has 3 amide bonds. The highest BCUT2D eigenvalue weighted by molar-refractivity contribution is 5.96. The van der Waals surface area contributed by atoms with Crippen LogP contribution in [0.1, 0.15) is 55.9 Å². The van der Waals surface area contributed by atoms with Gasteiger partial charge in [0.15, 0.2) is 35.1 Å². The van der Waals surface area contributed by atoms with Crippen molar-refractivity contribution >= 4 is 28.9 Å². The van der Waals surface area contributed by atoms with Crippen LogP contribution in [0.15, 0.2) is 36.9 Å². The number of rotatable bonds is 6. The molecule has 2 unspecified atom stereocenters. The van der Waals surface area contributed by atoms with Crippen LogP contribution in [0.3, 0.4) is 0 Å². The highest BCUT2D eigenvalue weighted by Gasteiger charge is 2.62. The SMILES string of the molecule is O=C(Nc1ncnc2c1ncn2[C@@H]1O[C@H](C(=O)NCCO)C2OC3(Cc4ccccc4C3)OC21)NC12CC3CC(CC(C3)C1)C2. The van der Waals surface area contributed by atoms with Crippen LogP contribution >= 0.6 is 0 Å². The van der Waals surface area contributed by atoms with E-state index in [4.69, 9.17) is 14.2 Å². The first-order valence-electron chi connectivity index (χ1n) is 16.1. The highest BCUT2D eigenvalue weighted by Crippen LogP contribution is 2.55. The van der Waals surface area contributed by atoms with E-state index >= 15 is 0 Å². The Kier molecular flexibility index (Phi) is 6.25. The maximum absolute atomic E-state index is 13.4. The molecule has 4 heterocycles. The largest absolute Gasteiger partial charge is 0.395 e. The van der Waals surface area contributed by atoms with Crippen molar-refractivity contribution in [3.63, 3.8) is 0 Å². The lowest BCUT2D eigenvalue weighted by molar-refractivity contribution is -0.211. The Bertz CT molecular complexity index is 1620. The van der Waals surface area contributed by atoms with E-state index in [1.165, 1.54) is 25.6 Å². The number of fused-ring (bicyclic) bond motifs is 3. The zero-order valence-corrected chi connectivity index (χ0v) is 24.9. The number of benzene rings is 1. The van der Waals surface area contributed by atoms with E-state index < -0.39 is 30.3 Å². The maximum Gasteiger partial charge on any atom is 0.320 e. The van der Waals surface area contributed by atoms with Crippen LogP contribution in [0.4, 0.5) is 10.6 Å². The molecule has 1 aromatic carbocycles. The molecule has 13 nitrogen and oxygen atoms in total. The second kappa shape index (κ2) is 10.2. The number of ether oxygens (including phenoxy) is 3. The highest BCUT2D eigenvalue weighted by atomic mass is 16.8. The number of nitrogens with zero attached hydrogens (tertiary/aromatic N) is 4. The number of carbonyl (C=O) groups is 2. The summed E-state index contributed by atoms with van der Waals surface area (Å²) in [6.45, 7) is -0.0956. The fourth-order valence-corrected chi connectivity index (χ4v) is 9.62. The smallest absolute Gasteiger partial charge is 0.320 e. The lowest BCUT2D eigenvalue weighted by Crippen LogP contribution is -2.60. The molecule has 2 aromatic heterocycles. The molecular weight excluding hydrogens is 578 g/mol. The number of urea groups is 1. The minimum absolute atomic E-state index is 0.0970. The van der Waals surface area contributed by atoms with Crippen molar-refractivity contribution in [3.05, 3.63) is 48.0 Å². The molecule has 1 spiro atoms. The zero-order valence-electron chi connectivity index (χ0n) is 24.9. The van der Waals surface area contributed by atoms with Crippen molar-refractivity contribution in [1.82, 2.24) is 30.2 Å². The third kappa shape index (κ3) is 4.54. The topological polar surface area (TPSA) is 162 Å². The van der Waals surface area contributed by atoms with Gasteiger partial charge in [0.05, 0.1) is 12.9 Å². The number of aliphatic hydroxyl groups is 1. The lowest BCUT2D eigenvalue weighted by Gasteiger charge is -2.56. The quantitative estimate of drug-likeness (QED) is 0.326. The molecule has 0 radical (unpaired) electrons. The molecule has 5 aliphatic carbocycles. The van der Waals surface area contributed by atoms with Crippen molar-refractivity contribution < 1.29 is 28.9 Å². The summed E-state index contributed by atoms with van der Waals surface area (Å²) in [6, 6.07) is 7.85. The van der Waals surface area contributed by atoms with E-state index in [0.29, 0.717) is 47.6 Å². The van der Waals surface area contributed by atoms with Crippen LogP contribution in [0, 0.1) is 17.8 Å². The van der Waals surface area contributed by atoms with Gasteiger partial charge in [0.2, 0.25) is 0 Å². The van der Waals surface area contributed by atoms with E-state index in [1.807, 2.05) is 12.1 Å². The second-order valence-electron chi connectivity index (χ2n) is 14.0. The standard InChI is InChI=1S/C32H37N7O6/c40-6-5-33-28(41)24-23-25(45-32(44-23)13-20-3-1-2-4-21(20)14-32)29(43-24)39-16-36-22-26(34-15-35-27(22)39)37-30(42)38-31-10-17-7-18(11-31)9-19(8-17)12-31/h1-4,15-19,23-25,29,40H,5-14H2,(H,33,41)(H2,34,35,37,38,42)/t17?,18?,19?,23?,24-,25?,29+,31?/m0/s1. The lowest BCUT2D eigenvalue weighted by atomic mass is 9.53.